The van der Waals surface area contributed by atoms with Crippen molar-refractivity contribution in [2.24, 2.45) is 0 Å². The second-order valence-electron chi connectivity index (χ2n) is 3.50. The number of nitro benzene ring substituents is 1. The summed E-state index contributed by atoms with van der Waals surface area (Å²) in [5, 5.41) is 28.7. The van der Waals surface area contributed by atoms with Crippen LogP contribution in [0.4, 0.5) is 5.69 Å². The lowest BCUT2D eigenvalue weighted by Gasteiger charge is -2.08. The number of nitrogens with zero attached hydrogens (tertiary/aromatic N) is 1. The van der Waals surface area contributed by atoms with Crippen LogP contribution in [0.3, 0.4) is 0 Å². The minimum atomic E-state index is -0.843. The highest BCUT2D eigenvalue weighted by atomic mass is 32.2. The Labute approximate surface area is 109 Å². The maximum Gasteiger partial charge on any atom is 0.274 e. The lowest BCUT2D eigenvalue weighted by Crippen LogP contribution is -2.14. The third-order valence-electron chi connectivity index (χ3n) is 2.04. The summed E-state index contributed by atoms with van der Waals surface area (Å²) in [4.78, 5) is 10.9. The first-order chi connectivity index (χ1) is 8.56. The van der Waals surface area contributed by atoms with Gasteiger partial charge < -0.3 is 14.9 Å². The molecular formula is C11H15NO5S. The Kier molecular flexibility index (Phi) is 5.90. The number of nitro groups is 1. The maximum atomic E-state index is 10.8. The molecule has 2 N–H and O–H groups in total. The van der Waals surface area contributed by atoms with Crippen molar-refractivity contribution in [1.29, 1.82) is 0 Å². The number of aliphatic hydroxyl groups excluding tert-OH is 2. The van der Waals surface area contributed by atoms with Gasteiger partial charge >= 0.3 is 0 Å². The number of rotatable bonds is 7. The molecule has 1 atom stereocenters. The van der Waals surface area contributed by atoms with E-state index in [1.54, 1.807) is 13.0 Å². The summed E-state index contributed by atoms with van der Waals surface area (Å²) in [6.07, 6.45) is -0.843. The number of hydrogen-bond acceptors (Lipinski definition) is 6. The van der Waals surface area contributed by atoms with E-state index >= 15 is 0 Å². The monoisotopic (exact) mass is 273 g/mol. The molecule has 0 saturated carbocycles. The Morgan fingerprint density at radius 3 is 2.78 bits per heavy atom. The molecule has 0 aliphatic heterocycles. The Morgan fingerprint density at radius 1 is 1.50 bits per heavy atom. The molecule has 0 radical (unpaired) electrons. The highest BCUT2D eigenvalue weighted by Crippen LogP contribution is 2.29. The molecular weight excluding hydrogens is 258 g/mol. The van der Waals surface area contributed by atoms with Crippen LogP contribution in [0.25, 0.3) is 0 Å². The van der Waals surface area contributed by atoms with Crippen molar-refractivity contribution < 1.29 is 19.9 Å². The number of ether oxygens (including phenoxy) is 1. The van der Waals surface area contributed by atoms with Crippen molar-refractivity contribution >= 4 is 17.4 Å². The Morgan fingerprint density at radius 2 is 2.22 bits per heavy atom. The van der Waals surface area contributed by atoms with Crippen LogP contribution in [0.2, 0.25) is 0 Å². The number of aliphatic hydroxyl groups is 2. The van der Waals surface area contributed by atoms with Gasteiger partial charge in [0.25, 0.3) is 5.69 Å². The molecule has 18 heavy (non-hydrogen) atoms. The second kappa shape index (κ2) is 7.20. The Hall–Kier alpha value is -1.31. The van der Waals surface area contributed by atoms with Gasteiger partial charge in [0.15, 0.2) is 0 Å². The van der Waals surface area contributed by atoms with Gasteiger partial charge in [-0.15, -0.1) is 11.8 Å². The van der Waals surface area contributed by atoms with Crippen molar-refractivity contribution in [3.05, 3.63) is 28.3 Å². The fourth-order valence-corrected chi connectivity index (χ4v) is 2.13. The van der Waals surface area contributed by atoms with Crippen molar-refractivity contribution in [3.63, 3.8) is 0 Å². The van der Waals surface area contributed by atoms with E-state index in [2.05, 4.69) is 0 Å². The third-order valence-corrected chi connectivity index (χ3v) is 3.16. The molecule has 0 bridgehead atoms. The fourth-order valence-electron chi connectivity index (χ4n) is 1.24. The van der Waals surface area contributed by atoms with E-state index in [4.69, 9.17) is 9.84 Å². The molecule has 1 aromatic rings. The van der Waals surface area contributed by atoms with Crippen LogP contribution in [0.15, 0.2) is 23.1 Å². The molecule has 1 rings (SSSR count). The summed E-state index contributed by atoms with van der Waals surface area (Å²) in [7, 11) is 0. The van der Waals surface area contributed by atoms with E-state index in [-0.39, 0.29) is 18.0 Å². The van der Waals surface area contributed by atoms with Crippen molar-refractivity contribution in [1.82, 2.24) is 0 Å². The van der Waals surface area contributed by atoms with Crippen LogP contribution in [0.1, 0.15) is 6.92 Å². The first-order valence-corrected chi connectivity index (χ1v) is 6.39. The van der Waals surface area contributed by atoms with E-state index < -0.39 is 11.0 Å². The number of thioether (sulfide) groups is 1. The normalized spacial score (nSPS) is 12.2. The summed E-state index contributed by atoms with van der Waals surface area (Å²) >= 11 is 1.23. The number of benzene rings is 1. The van der Waals surface area contributed by atoms with Gasteiger partial charge in [-0.2, -0.15) is 0 Å². The minimum absolute atomic E-state index is 0.0538. The topological polar surface area (TPSA) is 92.8 Å². The summed E-state index contributed by atoms with van der Waals surface area (Å²) < 4.78 is 5.24. The second-order valence-corrected chi connectivity index (χ2v) is 4.59. The Balaban J connectivity index is 2.85. The highest BCUT2D eigenvalue weighted by molar-refractivity contribution is 7.99. The zero-order valence-electron chi connectivity index (χ0n) is 9.91. The van der Waals surface area contributed by atoms with Crippen LogP contribution >= 0.6 is 11.8 Å². The SMILES string of the molecule is CCOc1cc(SCC(O)CO)cc([N+](=O)[O-])c1. The van der Waals surface area contributed by atoms with Crippen LogP contribution in [0, 0.1) is 10.1 Å². The van der Waals surface area contributed by atoms with E-state index in [0.717, 1.165) is 0 Å². The van der Waals surface area contributed by atoms with Gasteiger partial charge in [0.2, 0.25) is 0 Å². The summed E-state index contributed by atoms with van der Waals surface area (Å²) in [6, 6.07) is 4.44. The largest absolute Gasteiger partial charge is 0.494 e. The number of non-ortho nitro benzene ring substituents is 1. The van der Waals surface area contributed by atoms with Gasteiger partial charge in [0.1, 0.15) is 5.75 Å². The molecule has 0 aromatic heterocycles. The van der Waals surface area contributed by atoms with Gasteiger partial charge in [0, 0.05) is 16.7 Å². The van der Waals surface area contributed by atoms with Crippen molar-refractivity contribution in [2.45, 2.75) is 17.9 Å². The summed E-state index contributed by atoms with van der Waals surface area (Å²) in [5.41, 5.74) is -0.0538. The third kappa shape index (κ3) is 4.52. The smallest absolute Gasteiger partial charge is 0.274 e. The van der Waals surface area contributed by atoms with Gasteiger partial charge in [-0.3, -0.25) is 10.1 Å². The van der Waals surface area contributed by atoms with Crippen LogP contribution in [-0.2, 0) is 0 Å². The Bertz CT molecular complexity index is 412. The first-order valence-electron chi connectivity index (χ1n) is 5.40. The van der Waals surface area contributed by atoms with Gasteiger partial charge in [-0.1, -0.05) is 0 Å². The molecule has 0 amide bonds. The minimum Gasteiger partial charge on any atom is -0.494 e. The van der Waals surface area contributed by atoms with Crippen LogP contribution in [-0.4, -0.2) is 40.2 Å². The lowest BCUT2D eigenvalue weighted by molar-refractivity contribution is -0.385. The molecule has 0 aliphatic rings. The standard InChI is InChI=1S/C11H15NO5S/c1-2-17-10-3-8(12(15)16)4-11(5-10)18-7-9(14)6-13/h3-5,9,13-14H,2,6-7H2,1H3. The lowest BCUT2D eigenvalue weighted by atomic mass is 10.3. The fraction of sp³-hybridized carbons (Fsp3) is 0.455. The van der Waals surface area contributed by atoms with E-state index in [0.29, 0.717) is 17.3 Å². The predicted molar refractivity (Wildman–Crippen MR) is 68.1 cm³/mol. The molecule has 6 nitrogen and oxygen atoms in total. The molecule has 0 spiro atoms. The zero-order valence-corrected chi connectivity index (χ0v) is 10.7. The van der Waals surface area contributed by atoms with Gasteiger partial charge in [-0.25, -0.2) is 0 Å². The average molecular weight is 273 g/mol. The quantitative estimate of drug-likeness (QED) is 0.443. The molecule has 7 heteroatoms. The van der Waals surface area contributed by atoms with E-state index in [1.165, 1.54) is 23.9 Å². The molecule has 1 aromatic carbocycles. The van der Waals surface area contributed by atoms with Crippen molar-refractivity contribution in [2.75, 3.05) is 19.0 Å². The van der Waals surface area contributed by atoms with Crippen LogP contribution < -0.4 is 4.74 Å². The molecule has 0 heterocycles. The summed E-state index contributed by atoms with van der Waals surface area (Å²) in [6.45, 7) is 1.88. The molecule has 100 valence electrons. The zero-order chi connectivity index (χ0) is 13.5. The molecule has 0 fully saturated rings. The highest BCUT2D eigenvalue weighted by Gasteiger charge is 2.12. The summed E-state index contributed by atoms with van der Waals surface area (Å²) in [5.74, 6) is 0.691. The predicted octanol–water partition coefficient (Wildman–Crippen LogP) is 1.44. The van der Waals surface area contributed by atoms with Crippen LogP contribution in [0.5, 0.6) is 5.75 Å². The first kappa shape index (κ1) is 14.7. The molecule has 1 unspecified atom stereocenters. The number of hydrogen-bond donors (Lipinski definition) is 2. The average Bonchev–Trinajstić information content (AvgIpc) is 2.36. The van der Waals surface area contributed by atoms with E-state index in [9.17, 15) is 15.2 Å². The van der Waals surface area contributed by atoms with E-state index in [1.807, 2.05) is 0 Å². The van der Waals surface area contributed by atoms with Gasteiger partial charge in [0.05, 0.1) is 30.3 Å². The van der Waals surface area contributed by atoms with Crippen molar-refractivity contribution in [3.8, 4) is 5.75 Å². The molecule has 0 aliphatic carbocycles. The van der Waals surface area contributed by atoms with Gasteiger partial charge in [-0.05, 0) is 13.0 Å². The molecule has 0 saturated heterocycles. The maximum absolute atomic E-state index is 10.8.